The van der Waals surface area contributed by atoms with Crippen LogP contribution in [-0.4, -0.2) is 34.2 Å². The zero-order chi connectivity index (χ0) is 13.1. The molecule has 1 heterocycles. The maximum atomic E-state index is 10.2. The largest absolute Gasteiger partial charge is 0.390 e. The van der Waals surface area contributed by atoms with Crippen LogP contribution >= 0.6 is 0 Å². The van der Waals surface area contributed by atoms with Crippen molar-refractivity contribution in [2.45, 2.75) is 52.9 Å². The first-order valence-corrected chi connectivity index (χ1v) is 6.10. The lowest BCUT2D eigenvalue weighted by atomic mass is 9.84. The number of aliphatic hydroxyl groups excluding tert-OH is 1. The Kier molecular flexibility index (Phi) is 4.71. The Labute approximate surface area is 104 Å². The number of rotatable bonds is 5. The molecular formula is C13H24N2O2. The SMILES string of the molecule is CCn1cc(CC(O)C(OC)C(C)(C)C)cn1. The van der Waals surface area contributed by atoms with Gasteiger partial charge in [0.15, 0.2) is 0 Å². The lowest BCUT2D eigenvalue weighted by Crippen LogP contribution is -2.40. The molecule has 0 saturated carbocycles. The van der Waals surface area contributed by atoms with Crippen LogP contribution in [0, 0.1) is 5.41 Å². The standard InChI is InChI=1S/C13H24N2O2/c1-6-15-9-10(8-14-15)7-11(16)12(17-5)13(2,3)4/h8-9,11-12,16H,6-7H2,1-5H3. The van der Waals surface area contributed by atoms with E-state index in [0.29, 0.717) is 6.42 Å². The first kappa shape index (κ1) is 14.2. The molecule has 17 heavy (non-hydrogen) atoms. The van der Waals surface area contributed by atoms with Crippen LogP contribution in [0.25, 0.3) is 0 Å². The van der Waals surface area contributed by atoms with Gasteiger partial charge >= 0.3 is 0 Å². The first-order valence-electron chi connectivity index (χ1n) is 6.10. The van der Waals surface area contributed by atoms with Crippen LogP contribution in [0.15, 0.2) is 12.4 Å². The zero-order valence-corrected chi connectivity index (χ0v) is 11.5. The van der Waals surface area contributed by atoms with E-state index >= 15 is 0 Å². The maximum Gasteiger partial charge on any atom is 0.0881 e. The van der Waals surface area contributed by atoms with E-state index in [0.717, 1.165) is 12.1 Å². The van der Waals surface area contributed by atoms with E-state index in [1.54, 1.807) is 7.11 Å². The second-order valence-electron chi connectivity index (χ2n) is 5.50. The molecule has 0 spiro atoms. The molecule has 0 saturated heterocycles. The summed E-state index contributed by atoms with van der Waals surface area (Å²) >= 11 is 0. The minimum atomic E-state index is -0.505. The van der Waals surface area contributed by atoms with Crippen molar-refractivity contribution in [2.75, 3.05) is 7.11 Å². The van der Waals surface area contributed by atoms with Gasteiger partial charge < -0.3 is 9.84 Å². The van der Waals surface area contributed by atoms with Crippen molar-refractivity contribution in [3.8, 4) is 0 Å². The molecule has 0 aromatic carbocycles. The summed E-state index contributed by atoms with van der Waals surface area (Å²) in [5.74, 6) is 0. The van der Waals surface area contributed by atoms with Crippen LogP contribution in [0.5, 0.6) is 0 Å². The molecule has 0 fully saturated rings. The monoisotopic (exact) mass is 240 g/mol. The van der Waals surface area contributed by atoms with Crippen molar-refractivity contribution in [3.05, 3.63) is 18.0 Å². The predicted octanol–water partition coefficient (Wildman–Crippen LogP) is 1.87. The highest BCUT2D eigenvalue weighted by atomic mass is 16.5. The van der Waals surface area contributed by atoms with Gasteiger partial charge in [0.2, 0.25) is 0 Å². The minimum absolute atomic E-state index is 0.0745. The highest BCUT2D eigenvalue weighted by Gasteiger charge is 2.31. The van der Waals surface area contributed by atoms with E-state index in [2.05, 4.69) is 25.9 Å². The highest BCUT2D eigenvalue weighted by molar-refractivity contribution is 5.06. The number of ether oxygens (including phenoxy) is 1. The number of aliphatic hydroxyl groups is 1. The fraction of sp³-hybridized carbons (Fsp3) is 0.769. The smallest absolute Gasteiger partial charge is 0.0881 e. The maximum absolute atomic E-state index is 10.2. The number of aryl methyl sites for hydroxylation is 1. The van der Waals surface area contributed by atoms with Crippen molar-refractivity contribution in [3.63, 3.8) is 0 Å². The summed E-state index contributed by atoms with van der Waals surface area (Å²) in [4.78, 5) is 0. The number of nitrogens with zero attached hydrogens (tertiary/aromatic N) is 2. The lowest BCUT2D eigenvalue weighted by Gasteiger charge is -2.33. The molecule has 98 valence electrons. The molecule has 0 amide bonds. The Morgan fingerprint density at radius 1 is 1.47 bits per heavy atom. The van der Waals surface area contributed by atoms with Gasteiger partial charge in [0.1, 0.15) is 0 Å². The second kappa shape index (κ2) is 5.65. The molecule has 0 radical (unpaired) electrons. The first-order chi connectivity index (χ1) is 7.88. The normalized spacial score (nSPS) is 15.9. The van der Waals surface area contributed by atoms with Gasteiger partial charge in [0.25, 0.3) is 0 Å². The molecule has 1 rings (SSSR count). The van der Waals surface area contributed by atoms with Crippen molar-refractivity contribution >= 4 is 0 Å². The zero-order valence-electron chi connectivity index (χ0n) is 11.5. The van der Waals surface area contributed by atoms with Crippen LogP contribution in [0.4, 0.5) is 0 Å². The lowest BCUT2D eigenvalue weighted by molar-refractivity contribution is -0.0699. The third kappa shape index (κ3) is 3.82. The quantitative estimate of drug-likeness (QED) is 0.854. The molecule has 0 aliphatic heterocycles. The summed E-state index contributed by atoms with van der Waals surface area (Å²) in [5.41, 5.74) is 0.972. The predicted molar refractivity (Wildman–Crippen MR) is 67.9 cm³/mol. The molecular weight excluding hydrogens is 216 g/mol. The third-order valence-corrected chi connectivity index (χ3v) is 2.91. The summed E-state index contributed by atoms with van der Waals surface area (Å²) in [6.07, 6.45) is 3.68. The third-order valence-electron chi connectivity index (χ3n) is 2.91. The Morgan fingerprint density at radius 3 is 2.53 bits per heavy atom. The van der Waals surface area contributed by atoms with Crippen LogP contribution < -0.4 is 0 Å². The van der Waals surface area contributed by atoms with Crippen molar-refractivity contribution in [1.82, 2.24) is 9.78 Å². The van der Waals surface area contributed by atoms with Crippen LogP contribution in [0.2, 0.25) is 0 Å². The van der Waals surface area contributed by atoms with Crippen molar-refractivity contribution in [2.24, 2.45) is 5.41 Å². The van der Waals surface area contributed by atoms with Gasteiger partial charge in [-0.1, -0.05) is 20.8 Å². The van der Waals surface area contributed by atoms with Gasteiger partial charge in [0, 0.05) is 26.3 Å². The highest BCUT2D eigenvalue weighted by Crippen LogP contribution is 2.26. The molecule has 2 atom stereocenters. The average Bonchev–Trinajstić information content (AvgIpc) is 2.64. The summed E-state index contributed by atoms with van der Waals surface area (Å²) in [6, 6.07) is 0. The fourth-order valence-corrected chi connectivity index (χ4v) is 2.12. The van der Waals surface area contributed by atoms with E-state index in [9.17, 15) is 5.11 Å². The minimum Gasteiger partial charge on any atom is -0.390 e. The average molecular weight is 240 g/mol. The number of hydrogen-bond acceptors (Lipinski definition) is 3. The Hall–Kier alpha value is -0.870. The van der Waals surface area contributed by atoms with Gasteiger partial charge in [-0.25, -0.2) is 0 Å². The van der Waals surface area contributed by atoms with Gasteiger partial charge in [-0.3, -0.25) is 4.68 Å². The molecule has 0 aliphatic carbocycles. The number of hydrogen-bond donors (Lipinski definition) is 1. The van der Waals surface area contributed by atoms with Gasteiger partial charge in [-0.2, -0.15) is 5.10 Å². The molecule has 1 N–H and O–H groups in total. The molecule has 4 heteroatoms. The molecule has 0 bridgehead atoms. The van der Waals surface area contributed by atoms with Crippen molar-refractivity contribution < 1.29 is 9.84 Å². The second-order valence-corrected chi connectivity index (χ2v) is 5.50. The van der Waals surface area contributed by atoms with E-state index < -0.39 is 6.10 Å². The van der Waals surface area contributed by atoms with E-state index in [1.807, 2.05) is 24.0 Å². The van der Waals surface area contributed by atoms with E-state index in [4.69, 9.17) is 4.74 Å². The van der Waals surface area contributed by atoms with Crippen LogP contribution in [0.1, 0.15) is 33.3 Å². The van der Waals surface area contributed by atoms with E-state index in [1.165, 1.54) is 0 Å². The van der Waals surface area contributed by atoms with Crippen LogP contribution in [0.3, 0.4) is 0 Å². The summed E-state index contributed by atoms with van der Waals surface area (Å²) in [5, 5.41) is 14.4. The molecule has 1 aromatic heterocycles. The molecule has 4 nitrogen and oxygen atoms in total. The Bertz CT molecular complexity index is 341. The number of methoxy groups -OCH3 is 1. The topological polar surface area (TPSA) is 47.3 Å². The summed E-state index contributed by atoms with van der Waals surface area (Å²) in [6.45, 7) is 9.10. The number of aromatic nitrogens is 2. The van der Waals surface area contributed by atoms with Gasteiger partial charge in [-0.05, 0) is 17.9 Å². The molecule has 1 aromatic rings. The van der Waals surface area contributed by atoms with Gasteiger partial charge in [-0.15, -0.1) is 0 Å². The molecule has 0 aliphatic rings. The van der Waals surface area contributed by atoms with Crippen LogP contribution in [-0.2, 0) is 17.7 Å². The summed E-state index contributed by atoms with van der Waals surface area (Å²) < 4.78 is 7.27. The van der Waals surface area contributed by atoms with E-state index in [-0.39, 0.29) is 11.5 Å². The Morgan fingerprint density at radius 2 is 2.12 bits per heavy atom. The van der Waals surface area contributed by atoms with Crippen molar-refractivity contribution in [1.29, 1.82) is 0 Å². The fourth-order valence-electron chi connectivity index (χ4n) is 2.12. The molecule has 2 unspecified atom stereocenters. The summed E-state index contributed by atoms with van der Waals surface area (Å²) in [7, 11) is 1.65. The Balaban J connectivity index is 2.67. The van der Waals surface area contributed by atoms with Gasteiger partial charge in [0.05, 0.1) is 18.4 Å².